The van der Waals surface area contributed by atoms with Gasteiger partial charge >= 0.3 is 0 Å². The van der Waals surface area contributed by atoms with Gasteiger partial charge in [0.05, 0.1) is 19.1 Å². The number of carbonyl (C=O) groups excluding carboxylic acids is 1. The van der Waals surface area contributed by atoms with Gasteiger partial charge in [-0.15, -0.1) is 10.2 Å². The molecule has 6 heteroatoms. The fourth-order valence-corrected chi connectivity index (χ4v) is 3.84. The summed E-state index contributed by atoms with van der Waals surface area (Å²) in [7, 11) is 0. The first-order valence-electron chi connectivity index (χ1n) is 8.69. The number of aromatic nitrogens is 3. The molecule has 2 heterocycles. The molecule has 1 aromatic carbocycles. The van der Waals surface area contributed by atoms with E-state index in [0.29, 0.717) is 13.1 Å². The minimum absolute atomic E-state index is 0.0985. The molecular weight excluding hydrogens is 302 g/mol. The van der Waals surface area contributed by atoms with Gasteiger partial charge in [0.15, 0.2) is 0 Å². The number of fused-ring (bicyclic) bond motifs is 2. The van der Waals surface area contributed by atoms with Gasteiger partial charge in [0.25, 0.3) is 0 Å². The van der Waals surface area contributed by atoms with Crippen molar-refractivity contribution in [1.82, 2.24) is 25.0 Å². The Morgan fingerprint density at radius 3 is 3.08 bits per heavy atom. The van der Waals surface area contributed by atoms with Gasteiger partial charge in [-0.2, -0.15) is 0 Å². The van der Waals surface area contributed by atoms with Gasteiger partial charge < -0.3 is 9.88 Å². The van der Waals surface area contributed by atoms with Crippen molar-refractivity contribution in [2.24, 2.45) is 0 Å². The molecule has 0 saturated heterocycles. The third kappa shape index (κ3) is 2.94. The molecular formula is C18H23N5O. The largest absolute Gasteiger partial charge is 0.348 e. The van der Waals surface area contributed by atoms with Crippen molar-refractivity contribution in [1.29, 1.82) is 0 Å². The van der Waals surface area contributed by atoms with Crippen molar-refractivity contribution in [2.45, 2.75) is 45.3 Å². The van der Waals surface area contributed by atoms with Crippen LogP contribution in [0.2, 0.25) is 0 Å². The number of hydrogen-bond donors (Lipinski definition) is 1. The maximum absolute atomic E-state index is 12.5. The highest BCUT2D eigenvalue weighted by atomic mass is 16.2. The molecule has 1 amide bonds. The monoisotopic (exact) mass is 325 g/mol. The van der Waals surface area contributed by atoms with E-state index in [2.05, 4.69) is 49.2 Å². The van der Waals surface area contributed by atoms with Gasteiger partial charge in [0.2, 0.25) is 5.91 Å². The average Bonchev–Trinajstić information content (AvgIpc) is 2.96. The van der Waals surface area contributed by atoms with Crippen LogP contribution in [0.3, 0.4) is 0 Å². The number of amides is 1. The highest BCUT2D eigenvalue weighted by Gasteiger charge is 2.24. The summed E-state index contributed by atoms with van der Waals surface area (Å²) in [5.41, 5.74) is 2.65. The summed E-state index contributed by atoms with van der Waals surface area (Å²) in [5.74, 6) is 2.00. The van der Waals surface area contributed by atoms with Gasteiger partial charge in [0.1, 0.15) is 11.6 Å². The normalized spacial score (nSPS) is 20.3. The molecule has 1 aliphatic heterocycles. The third-order valence-electron chi connectivity index (χ3n) is 5.09. The summed E-state index contributed by atoms with van der Waals surface area (Å²) in [5, 5.41) is 11.5. The smallest absolute Gasteiger partial charge is 0.234 e. The van der Waals surface area contributed by atoms with E-state index in [1.807, 2.05) is 6.92 Å². The number of aryl methyl sites for hydroxylation is 2. The van der Waals surface area contributed by atoms with Crippen molar-refractivity contribution < 1.29 is 4.79 Å². The third-order valence-corrected chi connectivity index (χ3v) is 5.09. The van der Waals surface area contributed by atoms with Gasteiger partial charge in [-0.3, -0.25) is 9.69 Å². The lowest BCUT2D eigenvalue weighted by Gasteiger charge is -2.29. The van der Waals surface area contributed by atoms with E-state index < -0.39 is 0 Å². The van der Waals surface area contributed by atoms with Gasteiger partial charge in [-0.25, -0.2) is 0 Å². The number of hydrogen-bond acceptors (Lipinski definition) is 4. The minimum atomic E-state index is 0.0985. The van der Waals surface area contributed by atoms with E-state index in [-0.39, 0.29) is 11.9 Å². The quantitative estimate of drug-likeness (QED) is 0.931. The number of nitrogens with zero attached hydrogens (tertiary/aromatic N) is 4. The molecule has 0 bridgehead atoms. The lowest BCUT2D eigenvalue weighted by atomic mass is 9.88. The fraction of sp³-hybridized carbons (Fsp3) is 0.500. The molecule has 4 rings (SSSR count). The molecule has 1 atom stereocenters. The molecule has 1 aromatic heterocycles. The summed E-state index contributed by atoms with van der Waals surface area (Å²) < 4.78 is 2.13. The molecule has 2 aliphatic rings. The predicted molar refractivity (Wildman–Crippen MR) is 90.3 cm³/mol. The van der Waals surface area contributed by atoms with Crippen molar-refractivity contribution in [3.63, 3.8) is 0 Å². The molecule has 0 unspecified atom stereocenters. The number of carbonyl (C=O) groups is 1. The van der Waals surface area contributed by atoms with Crippen molar-refractivity contribution in [2.75, 3.05) is 13.1 Å². The summed E-state index contributed by atoms with van der Waals surface area (Å²) in [4.78, 5) is 14.7. The van der Waals surface area contributed by atoms with Crippen LogP contribution in [0.5, 0.6) is 0 Å². The second-order valence-electron chi connectivity index (χ2n) is 6.74. The zero-order chi connectivity index (χ0) is 16.5. The summed E-state index contributed by atoms with van der Waals surface area (Å²) in [6.07, 6.45) is 3.27. The van der Waals surface area contributed by atoms with Crippen LogP contribution in [0.1, 0.15) is 41.7 Å². The first-order chi connectivity index (χ1) is 11.7. The van der Waals surface area contributed by atoms with E-state index in [4.69, 9.17) is 0 Å². The van der Waals surface area contributed by atoms with Gasteiger partial charge in [-0.05, 0) is 37.3 Å². The van der Waals surface area contributed by atoms with Crippen molar-refractivity contribution in [3.05, 3.63) is 47.0 Å². The average molecular weight is 325 g/mol. The zero-order valence-corrected chi connectivity index (χ0v) is 14.0. The van der Waals surface area contributed by atoms with E-state index in [1.165, 1.54) is 11.1 Å². The molecule has 0 fully saturated rings. The van der Waals surface area contributed by atoms with E-state index in [9.17, 15) is 4.79 Å². The summed E-state index contributed by atoms with van der Waals surface area (Å²) in [6, 6.07) is 8.61. The molecule has 0 radical (unpaired) electrons. The van der Waals surface area contributed by atoms with Crippen LogP contribution in [-0.4, -0.2) is 38.7 Å². The lowest BCUT2D eigenvalue weighted by Crippen LogP contribution is -2.43. The first-order valence-corrected chi connectivity index (χ1v) is 8.69. The van der Waals surface area contributed by atoms with Crippen LogP contribution >= 0.6 is 0 Å². The van der Waals surface area contributed by atoms with Crippen LogP contribution in [-0.2, 0) is 24.3 Å². The van der Waals surface area contributed by atoms with Crippen LogP contribution in [0.4, 0.5) is 0 Å². The summed E-state index contributed by atoms with van der Waals surface area (Å²) >= 11 is 0. The maximum atomic E-state index is 12.5. The van der Waals surface area contributed by atoms with Crippen LogP contribution in [0, 0.1) is 6.92 Å². The Labute approximate surface area is 141 Å². The maximum Gasteiger partial charge on any atom is 0.234 e. The molecule has 1 N–H and O–H groups in total. The van der Waals surface area contributed by atoms with E-state index >= 15 is 0 Å². The molecule has 2 aromatic rings. The Morgan fingerprint density at radius 2 is 2.17 bits per heavy atom. The Balaban J connectivity index is 1.38. The Bertz CT molecular complexity index is 754. The van der Waals surface area contributed by atoms with Crippen molar-refractivity contribution >= 4 is 5.91 Å². The standard InChI is InChI=1S/C18H23N5O/c1-13-20-21-17-11-22(9-10-23(13)17)12-18(24)19-16-8-4-6-14-5-2-3-7-15(14)16/h2-3,5,7,16H,4,6,8-12H2,1H3,(H,19,24)/t16-/m0/s1. The highest BCUT2D eigenvalue weighted by molar-refractivity contribution is 5.78. The van der Waals surface area contributed by atoms with Gasteiger partial charge in [-0.1, -0.05) is 24.3 Å². The second-order valence-corrected chi connectivity index (χ2v) is 6.74. The predicted octanol–water partition coefficient (Wildman–Crippen LogP) is 1.60. The second kappa shape index (κ2) is 6.36. The SMILES string of the molecule is Cc1nnc2n1CCN(CC(=O)N[C@H]1CCCc3ccccc31)C2. The zero-order valence-electron chi connectivity index (χ0n) is 14.0. The lowest BCUT2D eigenvalue weighted by molar-refractivity contribution is -0.123. The van der Waals surface area contributed by atoms with Crippen LogP contribution < -0.4 is 5.32 Å². The first kappa shape index (κ1) is 15.3. The Kier molecular flexibility index (Phi) is 4.06. The molecule has 126 valence electrons. The van der Waals surface area contributed by atoms with Crippen LogP contribution in [0.25, 0.3) is 0 Å². The summed E-state index contributed by atoms with van der Waals surface area (Å²) in [6.45, 7) is 4.80. The molecule has 24 heavy (non-hydrogen) atoms. The highest BCUT2D eigenvalue weighted by Crippen LogP contribution is 2.29. The van der Waals surface area contributed by atoms with Gasteiger partial charge in [0, 0.05) is 13.1 Å². The Hall–Kier alpha value is -2.21. The van der Waals surface area contributed by atoms with Crippen molar-refractivity contribution in [3.8, 4) is 0 Å². The number of rotatable bonds is 3. The Morgan fingerprint density at radius 1 is 1.29 bits per heavy atom. The van der Waals surface area contributed by atoms with E-state index in [0.717, 1.165) is 44.0 Å². The van der Waals surface area contributed by atoms with Crippen LogP contribution in [0.15, 0.2) is 24.3 Å². The fourth-order valence-electron chi connectivity index (χ4n) is 3.84. The number of nitrogens with one attached hydrogen (secondary N) is 1. The number of benzene rings is 1. The molecule has 6 nitrogen and oxygen atoms in total. The van der Waals surface area contributed by atoms with E-state index in [1.54, 1.807) is 0 Å². The topological polar surface area (TPSA) is 63.1 Å². The molecule has 0 spiro atoms. The molecule has 0 saturated carbocycles. The molecule has 1 aliphatic carbocycles. The minimum Gasteiger partial charge on any atom is -0.348 e.